The Labute approximate surface area is 66.5 Å². The molecule has 2 nitrogen and oxygen atoms in total. The number of allylic oxidation sites excluding steroid dienone is 1. The number of hydrogen-bond acceptors (Lipinski definition) is 2. The van der Waals surface area contributed by atoms with Crippen molar-refractivity contribution in [3.8, 4) is 6.07 Å². The van der Waals surface area contributed by atoms with Gasteiger partial charge in [0.2, 0.25) is 0 Å². The molecular weight excluding hydrogens is 138 g/mol. The highest BCUT2D eigenvalue weighted by molar-refractivity contribution is 5.89. The normalized spacial score (nSPS) is 29.9. The molecule has 11 heavy (non-hydrogen) atoms. The summed E-state index contributed by atoms with van der Waals surface area (Å²) in [6.07, 6.45) is 4.32. The van der Waals surface area contributed by atoms with Crippen molar-refractivity contribution in [2.45, 2.75) is 25.7 Å². The Kier molecular flexibility index (Phi) is 2.09. The molecule has 1 aliphatic carbocycles. The maximum absolute atomic E-state index is 11.2. The quantitative estimate of drug-likeness (QED) is 0.562. The van der Waals surface area contributed by atoms with Gasteiger partial charge in [-0.2, -0.15) is 5.26 Å². The molecule has 0 heterocycles. The molecule has 1 unspecified atom stereocenters. The smallest absolute Gasteiger partial charge is 0.153 e. The summed E-state index contributed by atoms with van der Waals surface area (Å²) in [4.78, 5) is 11.2. The molecule has 1 aliphatic rings. The van der Waals surface area contributed by atoms with Crippen molar-refractivity contribution in [3.63, 3.8) is 0 Å². The summed E-state index contributed by atoms with van der Waals surface area (Å²) in [5.41, 5.74) is -0.707. The number of nitrogens with zero attached hydrogens (tertiary/aromatic N) is 1. The first-order valence-corrected chi connectivity index (χ1v) is 3.80. The second-order valence-electron chi connectivity index (χ2n) is 2.96. The lowest BCUT2D eigenvalue weighted by atomic mass is 9.84. The summed E-state index contributed by atoms with van der Waals surface area (Å²) < 4.78 is 0. The van der Waals surface area contributed by atoms with Crippen LogP contribution in [0.5, 0.6) is 0 Å². The topological polar surface area (TPSA) is 40.9 Å². The Bertz CT molecular complexity index is 226. The van der Waals surface area contributed by atoms with E-state index in [4.69, 9.17) is 5.26 Å². The molecule has 0 bridgehead atoms. The van der Waals surface area contributed by atoms with E-state index in [1.54, 1.807) is 6.08 Å². The molecule has 0 aromatic carbocycles. The van der Waals surface area contributed by atoms with Crippen molar-refractivity contribution in [2.75, 3.05) is 0 Å². The fourth-order valence-electron chi connectivity index (χ4n) is 1.56. The molecule has 0 radical (unpaired) electrons. The molecule has 0 spiro atoms. The zero-order valence-corrected chi connectivity index (χ0v) is 6.47. The Morgan fingerprint density at radius 3 is 2.91 bits per heavy atom. The van der Waals surface area contributed by atoms with Crippen LogP contribution in [0.3, 0.4) is 0 Å². The minimum atomic E-state index is -0.707. The summed E-state index contributed by atoms with van der Waals surface area (Å²) in [6, 6.07) is 2.11. The second kappa shape index (κ2) is 2.87. The SMILES string of the molecule is C=CCC1(C#N)CCCC1=O. The molecule has 0 amide bonds. The molecule has 0 saturated heterocycles. The largest absolute Gasteiger partial charge is 0.298 e. The minimum Gasteiger partial charge on any atom is -0.298 e. The van der Waals surface area contributed by atoms with Gasteiger partial charge < -0.3 is 0 Å². The number of carbonyl (C=O) groups excluding carboxylic acids is 1. The van der Waals surface area contributed by atoms with Gasteiger partial charge in [-0.3, -0.25) is 4.79 Å². The van der Waals surface area contributed by atoms with Crippen molar-refractivity contribution in [2.24, 2.45) is 5.41 Å². The predicted octanol–water partition coefficient (Wildman–Crippen LogP) is 1.83. The van der Waals surface area contributed by atoms with Gasteiger partial charge in [0, 0.05) is 6.42 Å². The zero-order valence-electron chi connectivity index (χ0n) is 6.47. The molecule has 1 atom stereocenters. The predicted molar refractivity (Wildman–Crippen MR) is 41.7 cm³/mol. The van der Waals surface area contributed by atoms with Gasteiger partial charge in [-0.25, -0.2) is 0 Å². The van der Waals surface area contributed by atoms with E-state index in [1.165, 1.54) is 0 Å². The van der Waals surface area contributed by atoms with Crippen molar-refractivity contribution in [1.82, 2.24) is 0 Å². The zero-order chi connectivity index (χ0) is 8.32. The second-order valence-corrected chi connectivity index (χ2v) is 2.96. The fourth-order valence-corrected chi connectivity index (χ4v) is 1.56. The first-order chi connectivity index (χ1) is 5.25. The summed E-state index contributed by atoms with van der Waals surface area (Å²) >= 11 is 0. The molecule has 0 aromatic rings. The van der Waals surface area contributed by atoms with Gasteiger partial charge in [-0.1, -0.05) is 6.08 Å². The van der Waals surface area contributed by atoms with Gasteiger partial charge in [0.05, 0.1) is 6.07 Å². The molecular formula is C9H11NO. The van der Waals surface area contributed by atoms with Crippen LogP contribution in [0.1, 0.15) is 25.7 Å². The highest BCUT2D eigenvalue weighted by atomic mass is 16.1. The molecule has 1 fully saturated rings. The summed E-state index contributed by atoms with van der Waals surface area (Å²) in [5.74, 6) is 0.0971. The maximum atomic E-state index is 11.2. The van der Waals surface area contributed by atoms with Gasteiger partial charge in [0.1, 0.15) is 5.41 Å². The number of rotatable bonds is 2. The molecule has 0 N–H and O–H groups in total. The van der Waals surface area contributed by atoms with Crippen molar-refractivity contribution in [1.29, 1.82) is 5.26 Å². The summed E-state index contributed by atoms with van der Waals surface area (Å²) in [5, 5.41) is 8.80. The van der Waals surface area contributed by atoms with Crippen LogP contribution in [0.25, 0.3) is 0 Å². The van der Waals surface area contributed by atoms with Crippen LogP contribution in [0, 0.1) is 16.7 Å². The third kappa shape index (κ3) is 1.19. The van der Waals surface area contributed by atoms with Crippen LogP contribution < -0.4 is 0 Å². The maximum Gasteiger partial charge on any atom is 0.153 e. The van der Waals surface area contributed by atoms with E-state index in [9.17, 15) is 4.79 Å². The van der Waals surface area contributed by atoms with Crippen molar-refractivity contribution in [3.05, 3.63) is 12.7 Å². The van der Waals surface area contributed by atoms with Crippen LogP contribution in [-0.2, 0) is 4.79 Å². The van der Waals surface area contributed by atoms with E-state index in [0.717, 1.165) is 6.42 Å². The monoisotopic (exact) mass is 149 g/mol. The van der Waals surface area contributed by atoms with E-state index in [-0.39, 0.29) is 5.78 Å². The number of nitriles is 1. The lowest BCUT2D eigenvalue weighted by Gasteiger charge is -2.14. The first kappa shape index (κ1) is 8.00. The fraction of sp³-hybridized carbons (Fsp3) is 0.556. The Morgan fingerprint density at radius 2 is 2.55 bits per heavy atom. The molecule has 1 rings (SSSR count). The average molecular weight is 149 g/mol. The van der Waals surface area contributed by atoms with Crippen LogP contribution in [0.15, 0.2) is 12.7 Å². The Hall–Kier alpha value is -1.10. The molecule has 0 aromatic heterocycles. The number of carbonyl (C=O) groups is 1. The summed E-state index contributed by atoms with van der Waals surface area (Å²) in [7, 11) is 0. The average Bonchev–Trinajstić information content (AvgIpc) is 2.35. The van der Waals surface area contributed by atoms with Crippen LogP contribution in [-0.4, -0.2) is 5.78 Å². The minimum absolute atomic E-state index is 0.0971. The van der Waals surface area contributed by atoms with E-state index in [2.05, 4.69) is 12.6 Å². The van der Waals surface area contributed by atoms with E-state index < -0.39 is 5.41 Å². The lowest BCUT2D eigenvalue weighted by molar-refractivity contribution is -0.123. The number of Topliss-reactive ketones (excluding diaryl/α,β-unsaturated/α-hetero) is 1. The van der Waals surface area contributed by atoms with E-state index >= 15 is 0 Å². The van der Waals surface area contributed by atoms with Gasteiger partial charge in [0.25, 0.3) is 0 Å². The van der Waals surface area contributed by atoms with E-state index in [0.29, 0.717) is 19.3 Å². The van der Waals surface area contributed by atoms with Crippen LogP contribution >= 0.6 is 0 Å². The van der Waals surface area contributed by atoms with Gasteiger partial charge in [-0.05, 0) is 19.3 Å². The Balaban J connectivity index is 2.83. The molecule has 2 heteroatoms. The van der Waals surface area contributed by atoms with Crippen LogP contribution in [0.2, 0.25) is 0 Å². The van der Waals surface area contributed by atoms with E-state index in [1.807, 2.05) is 0 Å². The van der Waals surface area contributed by atoms with Crippen molar-refractivity contribution < 1.29 is 4.79 Å². The molecule has 0 aliphatic heterocycles. The number of hydrogen-bond donors (Lipinski definition) is 0. The Morgan fingerprint density at radius 1 is 1.82 bits per heavy atom. The third-order valence-corrected chi connectivity index (χ3v) is 2.25. The molecule has 58 valence electrons. The summed E-state index contributed by atoms with van der Waals surface area (Å²) in [6.45, 7) is 3.55. The molecule has 1 saturated carbocycles. The third-order valence-electron chi connectivity index (χ3n) is 2.25. The van der Waals surface area contributed by atoms with Crippen molar-refractivity contribution >= 4 is 5.78 Å². The lowest BCUT2D eigenvalue weighted by Crippen LogP contribution is -2.22. The first-order valence-electron chi connectivity index (χ1n) is 3.80. The highest BCUT2D eigenvalue weighted by Crippen LogP contribution is 2.37. The van der Waals surface area contributed by atoms with Gasteiger partial charge >= 0.3 is 0 Å². The van der Waals surface area contributed by atoms with Gasteiger partial charge in [-0.15, -0.1) is 6.58 Å². The number of ketones is 1. The van der Waals surface area contributed by atoms with Crippen LogP contribution in [0.4, 0.5) is 0 Å². The van der Waals surface area contributed by atoms with Gasteiger partial charge in [0.15, 0.2) is 5.78 Å². The highest BCUT2D eigenvalue weighted by Gasteiger charge is 2.40. The standard InChI is InChI=1S/C9H11NO/c1-2-5-9(7-10)6-3-4-8(9)11/h2H,1,3-6H2.